The van der Waals surface area contributed by atoms with Crippen LogP contribution < -0.4 is 5.32 Å². The van der Waals surface area contributed by atoms with Crippen LogP contribution in [0.3, 0.4) is 0 Å². The van der Waals surface area contributed by atoms with Crippen molar-refractivity contribution in [2.75, 3.05) is 25.0 Å². The summed E-state index contributed by atoms with van der Waals surface area (Å²) in [5.74, 6) is 0. The molecule has 0 atom stereocenters. The van der Waals surface area contributed by atoms with E-state index in [1.165, 1.54) is 24.2 Å². The Hall–Kier alpha value is -0.840. The van der Waals surface area contributed by atoms with E-state index in [2.05, 4.69) is 55.8 Å². The highest BCUT2D eigenvalue weighted by Gasteiger charge is 2.16. The Balaban J connectivity index is 1.49. The average Bonchev–Trinajstić information content (AvgIpc) is 2.86. The first-order valence-electron chi connectivity index (χ1n) is 6.58. The zero-order valence-corrected chi connectivity index (χ0v) is 13.1. The highest BCUT2D eigenvalue weighted by molar-refractivity contribution is 9.10. The van der Waals surface area contributed by atoms with Crippen LogP contribution in [0.2, 0.25) is 0 Å². The number of nitrogens with zero attached hydrogens (tertiary/aromatic N) is 1. The molecule has 1 aromatic heterocycles. The van der Waals surface area contributed by atoms with Crippen LogP contribution in [0.15, 0.2) is 40.2 Å². The molecule has 4 heteroatoms. The first-order valence-corrected chi connectivity index (χ1v) is 8.25. The summed E-state index contributed by atoms with van der Waals surface area (Å²) in [7, 11) is 0. The third-order valence-electron chi connectivity index (χ3n) is 3.47. The molecule has 0 fully saturated rings. The number of hydrogen-bond acceptors (Lipinski definition) is 3. The van der Waals surface area contributed by atoms with Gasteiger partial charge in [-0.05, 0) is 41.6 Å². The molecule has 0 spiro atoms. The minimum absolute atomic E-state index is 0.996. The number of benzene rings is 1. The zero-order chi connectivity index (χ0) is 13.1. The molecule has 2 aromatic rings. The van der Waals surface area contributed by atoms with Crippen molar-refractivity contribution in [2.45, 2.75) is 13.0 Å². The number of halogens is 1. The van der Waals surface area contributed by atoms with E-state index < -0.39 is 0 Å². The van der Waals surface area contributed by atoms with Crippen LogP contribution in [0.1, 0.15) is 10.4 Å². The van der Waals surface area contributed by atoms with Crippen molar-refractivity contribution in [3.8, 4) is 0 Å². The van der Waals surface area contributed by atoms with Gasteiger partial charge >= 0.3 is 0 Å². The molecule has 100 valence electrons. The van der Waals surface area contributed by atoms with Crippen LogP contribution in [0, 0.1) is 0 Å². The van der Waals surface area contributed by atoms with E-state index in [0.29, 0.717) is 0 Å². The van der Waals surface area contributed by atoms with Crippen molar-refractivity contribution in [3.63, 3.8) is 0 Å². The minimum atomic E-state index is 0.996. The summed E-state index contributed by atoms with van der Waals surface area (Å²) >= 11 is 5.40. The number of fused-ring (bicyclic) bond motifs is 1. The molecule has 0 aliphatic carbocycles. The molecule has 19 heavy (non-hydrogen) atoms. The quantitative estimate of drug-likeness (QED) is 0.908. The SMILES string of the molecule is Brc1cccc(NCCN2CCc3sccc3C2)c1. The highest BCUT2D eigenvalue weighted by Crippen LogP contribution is 2.23. The Morgan fingerprint density at radius 1 is 1.32 bits per heavy atom. The van der Waals surface area contributed by atoms with E-state index >= 15 is 0 Å². The summed E-state index contributed by atoms with van der Waals surface area (Å²) in [5.41, 5.74) is 2.71. The summed E-state index contributed by atoms with van der Waals surface area (Å²) < 4.78 is 1.12. The fraction of sp³-hybridized carbons (Fsp3) is 0.333. The Kier molecular flexibility index (Phi) is 4.21. The van der Waals surface area contributed by atoms with Gasteiger partial charge in [0.15, 0.2) is 0 Å². The van der Waals surface area contributed by atoms with Crippen LogP contribution >= 0.6 is 27.3 Å². The maximum atomic E-state index is 3.49. The molecule has 2 heterocycles. The Morgan fingerprint density at radius 2 is 2.26 bits per heavy atom. The number of anilines is 1. The van der Waals surface area contributed by atoms with Crippen LogP contribution in [0.25, 0.3) is 0 Å². The van der Waals surface area contributed by atoms with Gasteiger partial charge in [0.25, 0.3) is 0 Å². The highest BCUT2D eigenvalue weighted by atomic mass is 79.9. The van der Waals surface area contributed by atoms with E-state index in [9.17, 15) is 0 Å². The monoisotopic (exact) mass is 336 g/mol. The average molecular weight is 337 g/mol. The maximum absolute atomic E-state index is 3.49. The second-order valence-electron chi connectivity index (χ2n) is 4.83. The van der Waals surface area contributed by atoms with Gasteiger partial charge in [-0.3, -0.25) is 4.90 Å². The van der Waals surface area contributed by atoms with Gasteiger partial charge in [-0.2, -0.15) is 0 Å². The molecule has 0 unspecified atom stereocenters. The predicted molar refractivity (Wildman–Crippen MR) is 85.9 cm³/mol. The Bertz CT molecular complexity index is 553. The van der Waals surface area contributed by atoms with Crippen molar-refractivity contribution in [2.24, 2.45) is 0 Å². The van der Waals surface area contributed by atoms with Gasteiger partial charge in [-0.1, -0.05) is 22.0 Å². The van der Waals surface area contributed by atoms with E-state index in [0.717, 1.165) is 24.1 Å². The lowest BCUT2D eigenvalue weighted by atomic mass is 10.1. The predicted octanol–water partition coefficient (Wildman–Crippen LogP) is 3.98. The molecule has 0 saturated carbocycles. The largest absolute Gasteiger partial charge is 0.384 e. The third kappa shape index (κ3) is 3.38. The zero-order valence-electron chi connectivity index (χ0n) is 10.7. The summed E-state index contributed by atoms with van der Waals surface area (Å²) in [6.07, 6.45) is 1.21. The van der Waals surface area contributed by atoms with Gasteiger partial charge in [-0.25, -0.2) is 0 Å². The first kappa shape index (κ1) is 13.2. The number of hydrogen-bond donors (Lipinski definition) is 1. The smallest absolute Gasteiger partial charge is 0.0351 e. The van der Waals surface area contributed by atoms with E-state index in [1.54, 1.807) is 4.88 Å². The van der Waals surface area contributed by atoms with E-state index in [-0.39, 0.29) is 0 Å². The van der Waals surface area contributed by atoms with Gasteiger partial charge in [0.1, 0.15) is 0 Å². The maximum Gasteiger partial charge on any atom is 0.0351 e. The molecule has 1 aromatic carbocycles. The molecule has 0 saturated heterocycles. The van der Waals surface area contributed by atoms with Crippen molar-refractivity contribution in [1.29, 1.82) is 0 Å². The molecule has 1 N–H and O–H groups in total. The lowest BCUT2D eigenvalue weighted by Gasteiger charge is -2.26. The summed E-state index contributed by atoms with van der Waals surface area (Å²) in [4.78, 5) is 4.11. The van der Waals surface area contributed by atoms with Crippen LogP contribution in [0.4, 0.5) is 5.69 Å². The molecule has 0 amide bonds. The van der Waals surface area contributed by atoms with Gasteiger partial charge in [0.2, 0.25) is 0 Å². The topological polar surface area (TPSA) is 15.3 Å². The molecular formula is C15H17BrN2S. The van der Waals surface area contributed by atoms with Gasteiger partial charge in [0, 0.05) is 41.2 Å². The summed E-state index contributed by atoms with van der Waals surface area (Å²) in [6, 6.07) is 10.6. The van der Waals surface area contributed by atoms with Gasteiger partial charge < -0.3 is 5.32 Å². The molecule has 0 radical (unpaired) electrons. The summed E-state index contributed by atoms with van der Waals surface area (Å²) in [5, 5.41) is 5.70. The fourth-order valence-electron chi connectivity index (χ4n) is 2.45. The molecule has 3 rings (SSSR count). The lowest BCUT2D eigenvalue weighted by Crippen LogP contribution is -2.33. The molecule has 2 nitrogen and oxygen atoms in total. The second-order valence-corrected chi connectivity index (χ2v) is 6.75. The standard InChI is InChI=1S/C15H17BrN2S/c16-13-2-1-3-14(10-13)17-6-8-18-7-4-15-12(11-18)5-9-19-15/h1-3,5,9-10,17H,4,6-8,11H2. The molecular weight excluding hydrogens is 320 g/mol. The number of nitrogens with one attached hydrogen (secondary N) is 1. The lowest BCUT2D eigenvalue weighted by molar-refractivity contribution is 0.266. The minimum Gasteiger partial charge on any atom is -0.384 e. The fourth-order valence-corrected chi connectivity index (χ4v) is 3.74. The molecule has 0 bridgehead atoms. The van der Waals surface area contributed by atoms with Crippen molar-refractivity contribution in [3.05, 3.63) is 50.6 Å². The van der Waals surface area contributed by atoms with E-state index in [1.807, 2.05) is 17.4 Å². The molecule has 1 aliphatic rings. The third-order valence-corrected chi connectivity index (χ3v) is 4.98. The van der Waals surface area contributed by atoms with Crippen molar-refractivity contribution >= 4 is 33.0 Å². The normalized spacial score (nSPS) is 15.2. The molecule has 1 aliphatic heterocycles. The number of rotatable bonds is 4. The van der Waals surface area contributed by atoms with Crippen LogP contribution in [0.5, 0.6) is 0 Å². The van der Waals surface area contributed by atoms with Gasteiger partial charge in [-0.15, -0.1) is 11.3 Å². The van der Waals surface area contributed by atoms with Crippen LogP contribution in [-0.4, -0.2) is 24.5 Å². The van der Waals surface area contributed by atoms with Crippen molar-refractivity contribution < 1.29 is 0 Å². The number of thiophene rings is 1. The Labute approximate surface area is 126 Å². The van der Waals surface area contributed by atoms with E-state index in [4.69, 9.17) is 0 Å². The first-order chi connectivity index (χ1) is 9.31. The van der Waals surface area contributed by atoms with Gasteiger partial charge in [0.05, 0.1) is 0 Å². The van der Waals surface area contributed by atoms with Crippen LogP contribution in [-0.2, 0) is 13.0 Å². The summed E-state index contributed by atoms with van der Waals surface area (Å²) in [6.45, 7) is 4.39. The Morgan fingerprint density at radius 3 is 3.16 bits per heavy atom. The van der Waals surface area contributed by atoms with Crippen molar-refractivity contribution in [1.82, 2.24) is 4.90 Å². The second kappa shape index (κ2) is 6.07.